The zero-order valence-corrected chi connectivity index (χ0v) is 14.2. The van der Waals surface area contributed by atoms with Gasteiger partial charge in [-0.15, -0.1) is 0 Å². The van der Waals surface area contributed by atoms with E-state index in [9.17, 15) is 14.7 Å². The highest BCUT2D eigenvalue weighted by Crippen LogP contribution is 2.34. The predicted octanol–water partition coefficient (Wildman–Crippen LogP) is 2.36. The Morgan fingerprint density at radius 1 is 1.32 bits per heavy atom. The number of phenolic OH excluding ortho intramolecular Hbond substituents is 1. The van der Waals surface area contributed by atoms with Gasteiger partial charge in [-0.25, -0.2) is 0 Å². The number of amides is 1. The summed E-state index contributed by atoms with van der Waals surface area (Å²) in [5.74, 6) is -0.563. The van der Waals surface area contributed by atoms with Gasteiger partial charge in [-0.05, 0) is 12.0 Å². The Balaban J connectivity index is 1.98. The molecule has 1 unspecified atom stereocenters. The van der Waals surface area contributed by atoms with Gasteiger partial charge in [0.15, 0.2) is 0 Å². The van der Waals surface area contributed by atoms with Gasteiger partial charge in [0.25, 0.3) is 11.5 Å². The Morgan fingerprint density at radius 2 is 2.08 bits per heavy atom. The second-order valence-corrected chi connectivity index (χ2v) is 6.21. The topological polar surface area (TPSA) is 97.4 Å². The van der Waals surface area contributed by atoms with E-state index in [4.69, 9.17) is 4.52 Å². The van der Waals surface area contributed by atoms with E-state index in [1.54, 1.807) is 18.3 Å². The molecule has 130 valence electrons. The molecular formula is C18H19N3O4. The third-order valence-corrected chi connectivity index (χ3v) is 4.09. The van der Waals surface area contributed by atoms with Crippen LogP contribution in [0.15, 0.2) is 45.8 Å². The Kier molecular flexibility index (Phi) is 4.31. The van der Waals surface area contributed by atoms with Crippen molar-refractivity contribution in [2.45, 2.75) is 19.9 Å². The van der Waals surface area contributed by atoms with E-state index < -0.39 is 17.5 Å². The van der Waals surface area contributed by atoms with Crippen molar-refractivity contribution in [3.8, 4) is 5.75 Å². The van der Waals surface area contributed by atoms with Crippen molar-refractivity contribution in [2.24, 2.45) is 13.0 Å². The lowest BCUT2D eigenvalue weighted by molar-refractivity contribution is 0.0874. The molecule has 0 spiro atoms. The zero-order chi connectivity index (χ0) is 18.1. The maximum Gasteiger partial charge on any atom is 0.290 e. The third-order valence-electron chi connectivity index (χ3n) is 4.09. The summed E-state index contributed by atoms with van der Waals surface area (Å²) in [6.45, 7) is 3.85. The minimum atomic E-state index is -0.517. The van der Waals surface area contributed by atoms with Gasteiger partial charge in [0.05, 0.1) is 12.1 Å². The van der Waals surface area contributed by atoms with Crippen LogP contribution in [0.25, 0.3) is 10.9 Å². The molecule has 0 aliphatic carbocycles. The number of hydrogen-bond acceptors (Lipinski definition) is 5. The highest BCUT2D eigenvalue weighted by molar-refractivity contribution is 5.92. The standard InChI is InChI=1S/C18H19N3O4/c1-10(2)15(20-18(24)13-9-14(22)21(3)25-13)12-7-6-11-5-4-8-19-16(11)17(12)23/h4-10,15,23H,1-3H3,(H,20,24). The number of carbonyl (C=O) groups excluding carboxylic acids is 1. The molecule has 0 saturated carbocycles. The van der Waals surface area contributed by atoms with Crippen LogP contribution in [-0.2, 0) is 7.05 Å². The molecule has 0 aliphatic heterocycles. The van der Waals surface area contributed by atoms with Gasteiger partial charge < -0.3 is 14.9 Å². The average molecular weight is 341 g/mol. The summed E-state index contributed by atoms with van der Waals surface area (Å²) in [6.07, 6.45) is 1.60. The summed E-state index contributed by atoms with van der Waals surface area (Å²) in [7, 11) is 1.43. The summed E-state index contributed by atoms with van der Waals surface area (Å²) in [4.78, 5) is 28.1. The molecule has 7 nitrogen and oxygen atoms in total. The van der Waals surface area contributed by atoms with Crippen LogP contribution in [0.5, 0.6) is 5.75 Å². The van der Waals surface area contributed by atoms with Gasteiger partial charge in [0.2, 0.25) is 5.76 Å². The number of nitrogens with one attached hydrogen (secondary N) is 1. The number of aromatic nitrogens is 2. The van der Waals surface area contributed by atoms with Crippen molar-refractivity contribution >= 4 is 16.8 Å². The number of fused-ring (bicyclic) bond motifs is 1. The fourth-order valence-corrected chi connectivity index (χ4v) is 2.74. The van der Waals surface area contributed by atoms with Crippen LogP contribution >= 0.6 is 0 Å². The number of phenols is 1. The number of nitrogens with zero attached hydrogens (tertiary/aromatic N) is 2. The molecule has 7 heteroatoms. The molecule has 2 aromatic heterocycles. The van der Waals surface area contributed by atoms with Crippen LogP contribution in [0.3, 0.4) is 0 Å². The lowest BCUT2D eigenvalue weighted by atomic mass is 9.94. The molecule has 1 aromatic carbocycles. The number of aromatic hydroxyl groups is 1. The quantitative estimate of drug-likeness (QED) is 0.759. The molecule has 25 heavy (non-hydrogen) atoms. The van der Waals surface area contributed by atoms with Gasteiger partial charge in [-0.3, -0.25) is 14.6 Å². The van der Waals surface area contributed by atoms with Crippen molar-refractivity contribution in [2.75, 3.05) is 0 Å². The van der Waals surface area contributed by atoms with Crippen molar-refractivity contribution in [1.29, 1.82) is 0 Å². The van der Waals surface area contributed by atoms with Crippen molar-refractivity contribution in [3.05, 3.63) is 58.2 Å². The van der Waals surface area contributed by atoms with E-state index in [1.165, 1.54) is 7.05 Å². The van der Waals surface area contributed by atoms with Crippen LogP contribution < -0.4 is 10.9 Å². The molecule has 0 radical (unpaired) electrons. The first-order valence-electron chi connectivity index (χ1n) is 7.93. The molecule has 3 aromatic rings. The number of rotatable bonds is 4. The van der Waals surface area contributed by atoms with Crippen molar-refractivity contribution < 1.29 is 14.4 Å². The first kappa shape index (κ1) is 16.8. The molecule has 2 heterocycles. The van der Waals surface area contributed by atoms with Gasteiger partial charge in [-0.2, -0.15) is 4.74 Å². The van der Waals surface area contributed by atoms with E-state index >= 15 is 0 Å². The molecule has 0 bridgehead atoms. The smallest absolute Gasteiger partial charge is 0.290 e. The van der Waals surface area contributed by atoms with Crippen LogP contribution in [0, 0.1) is 5.92 Å². The summed E-state index contributed by atoms with van der Waals surface area (Å²) in [6, 6.07) is 7.93. The maximum atomic E-state index is 12.4. The van der Waals surface area contributed by atoms with Crippen LogP contribution in [0.2, 0.25) is 0 Å². The Bertz CT molecular complexity index is 987. The average Bonchev–Trinajstić information content (AvgIpc) is 2.92. The Hall–Kier alpha value is -3.09. The number of hydrogen-bond donors (Lipinski definition) is 2. The monoisotopic (exact) mass is 341 g/mol. The fourth-order valence-electron chi connectivity index (χ4n) is 2.74. The second kappa shape index (κ2) is 6.43. The van der Waals surface area contributed by atoms with E-state index in [-0.39, 0.29) is 17.4 Å². The first-order chi connectivity index (χ1) is 11.9. The lowest BCUT2D eigenvalue weighted by Crippen LogP contribution is -2.31. The normalized spacial score (nSPS) is 12.5. The predicted molar refractivity (Wildman–Crippen MR) is 92.4 cm³/mol. The van der Waals surface area contributed by atoms with E-state index in [1.807, 2.05) is 26.0 Å². The molecule has 0 aliphatic rings. The molecule has 2 N–H and O–H groups in total. The first-order valence-corrected chi connectivity index (χ1v) is 7.93. The van der Waals surface area contributed by atoms with E-state index in [0.29, 0.717) is 11.1 Å². The largest absolute Gasteiger partial charge is 0.505 e. The number of benzene rings is 1. The SMILES string of the molecule is CC(C)C(NC(=O)c1cc(=O)n(C)o1)c1ccc2cccnc2c1O. The maximum absolute atomic E-state index is 12.4. The van der Waals surface area contributed by atoms with Crippen molar-refractivity contribution in [3.63, 3.8) is 0 Å². The highest BCUT2D eigenvalue weighted by atomic mass is 16.5. The Labute approximate surface area is 143 Å². The van der Waals surface area contributed by atoms with Gasteiger partial charge in [0, 0.05) is 24.2 Å². The van der Waals surface area contributed by atoms with Crippen LogP contribution in [-0.4, -0.2) is 20.7 Å². The van der Waals surface area contributed by atoms with Crippen LogP contribution in [0.4, 0.5) is 0 Å². The second-order valence-electron chi connectivity index (χ2n) is 6.21. The summed E-state index contributed by atoms with van der Waals surface area (Å²) < 4.78 is 6.09. The summed E-state index contributed by atoms with van der Waals surface area (Å²) in [5.41, 5.74) is 0.642. The summed E-state index contributed by atoms with van der Waals surface area (Å²) >= 11 is 0. The third kappa shape index (κ3) is 3.13. The lowest BCUT2D eigenvalue weighted by Gasteiger charge is -2.23. The molecule has 3 rings (SSSR count). The fraction of sp³-hybridized carbons (Fsp3) is 0.278. The molecule has 1 amide bonds. The van der Waals surface area contributed by atoms with Crippen molar-refractivity contribution in [1.82, 2.24) is 15.0 Å². The molecular weight excluding hydrogens is 322 g/mol. The van der Waals surface area contributed by atoms with Gasteiger partial charge in [0.1, 0.15) is 11.3 Å². The van der Waals surface area contributed by atoms with Crippen LogP contribution in [0.1, 0.15) is 36.0 Å². The zero-order valence-electron chi connectivity index (χ0n) is 14.2. The van der Waals surface area contributed by atoms with Gasteiger partial charge >= 0.3 is 0 Å². The molecule has 0 saturated heterocycles. The number of pyridine rings is 1. The van der Waals surface area contributed by atoms with E-state index in [0.717, 1.165) is 16.2 Å². The molecule has 1 atom stereocenters. The minimum absolute atomic E-state index is 0.00792. The molecule has 0 fully saturated rings. The highest BCUT2D eigenvalue weighted by Gasteiger charge is 2.25. The number of aryl methyl sites for hydroxylation is 1. The van der Waals surface area contributed by atoms with Gasteiger partial charge in [-0.1, -0.05) is 32.0 Å². The Morgan fingerprint density at radius 3 is 2.72 bits per heavy atom. The number of carbonyl (C=O) groups is 1. The summed E-state index contributed by atoms with van der Waals surface area (Å²) in [5, 5.41) is 14.2. The van der Waals surface area contributed by atoms with E-state index in [2.05, 4.69) is 10.3 Å². The minimum Gasteiger partial charge on any atom is -0.505 e.